The molecule has 2 aromatic carbocycles. The molecule has 1 heterocycles. The zero-order chi connectivity index (χ0) is 18.4. The maximum absolute atomic E-state index is 12.6. The number of ether oxygens (including phenoxy) is 1. The summed E-state index contributed by atoms with van der Waals surface area (Å²) in [5.41, 5.74) is 0.701. The van der Waals surface area contributed by atoms with Gasteiger partial charge in [-0.2, -0.15) is 0 Å². The van der Waals surface area contributed by atoms with Crippen molar-refractivity contribution in [3.63, 3.8) is 0 Å². The minimum atomic E-state index is -0.518. The zero-order valence-corrected chi connectivity index (χ0v) is 16.2. The average molecular weight is 420 g/mol. The first kappa shape index (κ1) is 18.9. The van der Waals surface area contributed by atoms with Gasteiger partial charge in [0.2, 0.25) is 0 Å². The molecular formula is C20H24BrN2O3+. The molecule has 138 valence electrons. The van der Waals surface area contributed by atoms with Gasteiger partial charge in [-0.1, -0.05) is 30.3 Å². The molecule has 3 rings (SSSR count). The van der Waals surface area contributed by atoms with Crippen molar-refractivity contribution in [1.29, 1.82) is 0 Å². The number of hydrogen-bond acceptors (Lipinski definition) is 3. The third-order valence-corrected chi connectivity index (χ3v) is 5.26. The Bertz CT molecular complexity index is 718. The highest BCUT2D eigenvalue weighted by Gasteiger charge is 2.26. The molecule has 1 aliphatic heterocycles. The molecule has 26 heavy (non-hydrogen) atoms. The summed E-state index contributed by atoms with van der Waals surface area (Å²) < 4.78 is 6.43. The summed E-state index contributed by atoms with van der Waals surface area (Å²) in [7, 11) is 0. The van der Waals surface area contributed by atoms with Crippen LogP contribution in [0.5, 0.6) is 5.75 Å². The molecule has 0 unspecified atom stereocenters. The number of amides is 1. The summed E-state index contributed by atoms with van der Waals surface area (Å²) in [5.74, 6) is 0.829. The van der Waals surface area contributed by atoms with Crippen LogP contribution in [0.4, 0.5) is 0 Å². The molecule has 0 radical (unpaired) electrons. The Balaban J connectivity index is 1.43. The molecule has 1 aliphatic rings. The maximum atomic E-state index is 12.6. The summed E-state index contributed by atoms with van der Waals surface area (Å²) in [6, 6.07) is 17.0. The Morgan fingerprint density at radius 2 is 1.77 bits per heavy atom. The van der Waals surface area contributed by atoms with E-state index in [1.165, 1.54) is 4.90 Å². The fourth-order valence-corrected chi connectivity index (χ4v) is 3.59. The molecule has 1 saturated heterocycles. The van der Waals surface area contributed by atoms with Crippen molar-refractivity contribution in [3.8, 4) is 5.75 Å². The van der Waals surface area contributed by atoms with Crippen molar-refractivity contribution in [1.82, 2.24) is 4.90 Å². The second-order valence-corrected chi connectivity index (χ2v) is 7.36. The number of carbonyl (C=O) groups is 1. The van der Waals surface area contributed by atoms with Crippen LogP contribution in [-0.4, -0.2) is 61.3 Å². The summed E-state index contributed by atoms with van der Waals surface area (Å²) in [5, 5.41) is 10.2. The lowest BCUT2D eigenvalue weighted by Crippen LogP contribution is -3.16. The van der Waals surface area contributed by atoms with Crippen molar-refractivity contribution in [2.75, 3.05) is 39.3 Å². The first-order valence-electron chi connectivity index (χ1n) is 8.87. The molecule has 0 spiro atoms. The van der Waals surface area contributed by atoms with E-state index in [2.05, 4.69) is 15.9 Å². The van der Waals surface area contributed by atoms with Crippen LogP contribution in [0, 0.1) is 0 Å². The number of aliphatic hydroxyl groups is 1. The topological polar surface area (TPSA) is 54.2 Å². The first-order valence-corrected chi connectivity index (χ1v) is 9.66. The number of hydrogen-bond donors (Lipinski definition) is 2. The van der Waals surface area contributed by atoms with E-state index < -0.39 is 6.10 Å². The van der Waals surface area contributed by atoms with E-state index in [4.69, 9.17) is 4.74 Å². The molecule has 0 aliphatic carbocycles. The molecule has 6 heteroatoms. The Kier molecular flexibility index (Phi) is 6.66. The molecular weight excluding hydrogens is 396 g/mol. The van der Waals surface area contributed by atoms with Crippen LogP contribution >= 0.6 is 15.9 Å². The third-order valence-electron chi connectivity index (χ3n) is 4.57. The minimum absolute atomic E-state index is 0.0597. The standard InChI is InChI=1S/C20H23BrN2O3/c21-19-9-5-4-8-18(19)20(25)23-12-10-22(11-13-23)14-16(24)15-26-17-6-2-1-3-7-17/h1-9,16,24H,10-15H2/p+1/t16-/m0/s1. The van der Waals surface area contributed by atoms with Crippen molar-refractivity contribution >= 4 is 21.8 Å². The Labute approximate surface area is 162 Å². The first-order chi connectivity index (χ1) is 12.6. The van der Waals surface area contributed by atoms with Crippen LogP contribution in [0.1, 0.15) is 10.4 Å². The van der Waals surface area contributed by atoms with Crippen LogP contribution in [-0.2, 0) is 0 Å². The fraction of sp³-hybridized carbons (Fsp3) is 0.350. The highest BCUT2D eigenvalue weighted by atomic mass is 79.9. The van der Waals surface area contributed by atoms with Crippen molar-refractivity contribution in [2.24, 2.45) is 0 Å². The van der Waals surface area contributed by atoms with Gasteiger partial charge in [0.15, 0.2) is 0 Å². The number of carbonyl (C=O) groups excluding carboxylic acids is 1. The SMILES string of the molecule is O=C(c1ccccc1Br)N1CC[NH+](C[C@H](O)COc2ccccc2)CC1. The molecule has 1 amide bonds. The van der Waals surface area contributed by atoms with Crippen LogP contribution in [0.2, 0.25) is 0 Å². The van der Waals surface area contributed by atoms with Crippen molar-refractivity contribution in [2.45, 2.75) is 6.10 Å². The van der Waals surface area contributed by atoms with E-state index in [1.807, 2.05) is 59.5 Å². The quantitative estimate of drug-likeness (QED) is 0.740. The Morgan fingerprint density at radius 1 is 1.12 bits per heavy atom. The molecule has 1 fully saturated rings. The van der Waals surface area contributed by atoms with Gasteiger partial charge >= 0.3 is 0 Å². The number of piperazine rings is 1. The number of nitrogens with zero attached hydrogens (tertiary/aromatic N) is 1. The summed E-state index contributed by atoms with van der Waals surface area (Å²) in [6.07, 6.45) is -0.518. The van der Waals surface area contributed by atoms with Gasteiger partial charge in [-0.05, 0) is 40.2 Å². The Morgan fingerprint density at radius 3 is 2.46 bits per heavy atom. The van der Waals surface area contributed by atoms with Crippen molar-refractivity contribution < 1.29 is 19.5 Å². The number of rotatable bonds is 6. The zero-order valence-electron chi connectivity index (χ0n) is 14.6. The summed E-state index contributed by atoms with van der Waals surface area (Å²) in [6.45, 7) is 3.97. The highest BCUT2D eigenvalue weighted by molar-refractivity contribution is 9.10. The fourth-order valence-electron chi connectivity index (χ4n) is 3.14. The second-order valence-electron chi connectivity index (χ2n) is 6.50. The molecule has 0 saturated carbocycles. The van der Waals surface area contributed by atoms with Gasteiger partial charge in [0.1, 0.15) is 25.0 Å². The van der Waals surface area contributed by atoms with Gasteiger partial charge < -0.3 is 19.6 Å². The van der Waals surface area contributed by atoms with Gasteiger partial charge in [0.05, 0.1) is 31.7 Å². The molecule has 0 aromatic heterocycles. The Hall–Kier alpha value is -1.89. The molecule has 2 aromatic rings. The molecule has 5 nitrogen and oxygen atoms in total. The van der Waals surface area contributed by atoms with Crippen LogP contribution < -0.4 is 9.64 Å². The van der Waals surface area contributed by atoms with E-state index in [-0.39, 0.29) is 12.5 Å². The van der Waals surface area contributed by atoms with E-state index >= 15 is 0 Å². The predicted octanol–water partition coefficient (Wildman–Crippen LogP) is 1.23. The van der Waals surface area contributed by atoms with E-state index in [9.17, 15) is 9.90 Å². The number of para-hydroxylation sites is 1. The maximum Gasteiger partial charge on any atom is 0.255 e. The van der Waals surface area contributed by atoms with Crippen LogP contribution in [0.3, 0.4) is 0 Å². The molecule has 2 N–H and O–H groups in total. The molecule has 1 atom stereocenters. The normalized spacial score (nSPS) is 16.3. The summed E-state index contributed by atoms with van der Waals surface area (Å²) >= 11 is 3.44. The van der Waals surface area contributed by atoms with E-state index in [1.54, 1.807) is 0 Å². The minimum Gasteiger partial charge on any atom is -0.491 e. The number of aliphatic hydroxyl groups excluding tert-OH is 1. The van der Waals surface area contributed by atoms with Crippen LogP contribution in [0.25, 0.3) is 0 Å². The number of halogens is 1. The largest absolute Gasteiger partial charge is 0.491 e. The predicted molar refractivity (Wildman–Crippen MR) is 104 cm³/mol. The summed E-state index contributed by atoms with van der Waals surface area (Å²) in [4.78, 5) is 15.8. The third kappa shape index (κ3) is 5.06. The highest BCUT2D eigenvalue weighted by Crippen LogP contribution is 2.17. The number of nitrogens with one attached hydrogen (secondary N) is 1. The molecule has 0 bridgehead atoms. The van der Waals surface area contributed by atoms with Gasteiger partial charge in [0.25, 0.3) is 5.91 Å². The lowest BCUT2D eigenvalue weighted by Gasteiger charge is -2.33. The van der Waals surface area contributed by atoms with E-state index in [0.717, 1.165) is 23.3 Å². The second kappa shape index (κ2) is 9.16. The monoisotopic (exact) mass is 419 g/mol. The number of benzene rings is 2. The smallest absolute Gasteiger partial charge is 0.255 e. The van der Waals surface area contributed by atoms with Crippen LogP contribution in [0.15, 0.2) is 59.1 Å². The van der Waals surface area contributed by atoms with Crippen molar-refractivity contribution in [3.05, 3.63) is 64.6 Å². The average Bonchev–Trinajstić information content (AvgIpc) is 2.68. The lowest BCUT2D eigenvalue weighted by molar-refractivity contribution is -0.907. The van der Waals surface area contributed by atoms with E-state index in [0.29, 0.717) is 25.2 Å². The lowest BCUT2D eigenvalue weighted by atomic mass is 10.2. The number of quaternary nitrogens is 1. The van der Waals surface area contributed by atoms with Gasteiger partial charge in [0, 0.05) is 4.47 Å². The van der Waals surface area contributed by atoms with Gasteiger partial charge in [-0.25, -0.2) is 0 Å². The van der Waals surface area contributed by atoms with Gasteiger partial charge in [-0.3, -0.25) is 4.79 Å². The van der Waals surface area contributed by atoms with Gasteiger partial charge in [-0.15, -0.1) is 0 Å².